The van der Waals surface area contributed by atoms with Crippen molar-refractivity contribution in [3.63, 3.8) is 0 Å². The minimum Gasteiger partial charge on any atom is -0.481 e. The summed E-state index contributed by atoms with van der Waals surface area (Å²) in [6, 6.07) is 0. The molecule has 1 atom stereocenters. The first kappa shape index (κ1) is 39.2. The quantitative estimate of drug-likeness (QED) is 0.0508. The fourth-order valence-electron chi connectivity index (χ4n) is 5.06. The molecule has 0 amide bonds. The fourth-order valence-corrected chi connectivity index (χ4v) is 5.06. The van der Waals surface area contributed by atoms with E-state index in [1.54, 1.807) is 0 Å². The Bertz CT molecular complexity index is 664. The lowest BCUT2D eigenvalue weighted by molar-refractivity contribution is -0.148. The molecule has 41 heavy (non-hydrogen) atoms. The predicted octanol–water partition coefficient (Wildman–Crippen LogP) is 11.8. The molecule has 0 bridgehead atoms. The number of hydrogen-bond acceptors (Lipinski definition) is 3. The number of carbonyl (C=O) groups excluding carboxylic acids is 1. The molecule has 0 aromatic rings. The summed E-state index contributed by atoms with van der Waals surface area (Å²) >= 11 is 0. The molecule has 0 aromatic carbocycles. The molecule has 0 aliphatic carbocycles. The van der Waals surface area contributed by atoms with Crippen LogP contribution in [0.15, 0.2) is 36.5 Å². The lowest BCUT2D eigenvalue weighted by Crippen LogP contribution is -2.14. The molecular formula is C37H66O4. The van der Waals surface area contributed by atoms with E-state index in [1.165, 1.54) is 89.9 Å². The molecule has 0 spiro atoms. The summed E-state index contributed by atoms with van der Waals surface area (Å²) in [5.74, 6) is -0.697. The molecule has 238 valence electrons. The van der Waals surface area contributed by atoms with Gasteiger partial charge in [-0.15, -0.1) is 0 Å². The second-order valence-electron chi connectivity index (χ2n) is 11.8. The Balaban J connectivity index is 3.35. The monoisotopic (exact) mass is 574 g/mol. The SMILES string of the molecule is CC/C=C\C/C=C\C/C=C\CCCCCCCCCCCC(=O)OC(C)CCCCCCCCCCCCC(=O)O. The standard InChI is InChI=1S/C37H66O4/c1-3-4-5-6-7-8-9-10-11-12-13-14-15-16-17-22-25-28-31-34-37(40)41-35(2)32-29-26-23-20-18-19-21-24-27-30-33-36(38)39/h4-5,7-8,10-11,35H,3,6,9,12-34H2,1-2H3,(H,38,39)/b5-4-,8-7-,11-10-. The summed E-state index contributed by atoms with van der Waals surface area (Å²) in [4.78, 5) is 22.6. The van der Waals surface area contributed by atoms with Crippen LogP contribution < -0.4 is 0 Å². The van der Waals surface area contributed by atoms with Gasteiger partial charge in [0, 0.05) is 12.8 Å². The smallest absolute Gasteiger partial charge is 0.306 e. The molecule has 0 rings (SSSR count). The number of esters is 1. The number of aliphatic carboxylic acids is 1. The van der Waals surface area contributed by atoms with Crippen LogP contribution in [0.4, 0.5) is 0 Å². The van der Waals surface area contributed by atoms with E-state index in [0.717, 1.165) is 64.2 Å². The van der Waals surface area contributed by atoms with Gasteiger partial charge in [-0.3, -0.25) is 9.59 Å². The second kappa shape index (κ2) is 32.7. The van der Waals surface area contributed by atoms with Crippen LogP contribution in [-0.2, 0) is 14.3 Å². The van der Waals surface area contributed by atoms with E-state index in [-0.39, 0.29) is 12.1 Å². The third-order valence-corrected chi connectivity index (χ3v) is 7.62. The highest BCUT2D eigenvalue weighted by Crippen LogP contribution is 2.15. The average Bonchev–Trinajstić information content (AvgIpc) is 2.94. The van der Waals surface area contributed by atoms with E-state index in [4.69, 9.17) is 9.84 Å². The van der Waals surface area contributed by atoms with Gasteiger partial charge in [0.05, 0.1) is 6.10 Å². The van der Waals surface area contributed by atoms with Gasteiger partial charge in [0.2, 0.25) is 0 Å². The Morgan fingerprint density at radius 3 is 1.49 bits per heavy atom. The van der Waals surface area contributed by atoms with Crippen LogP contribution in [0.1, 0.15) is 181 Å². The molecular weight excluding hydrogens is 508 g/mol. The average molecular weight is 575 g/mol. The molecule has 1 N–H and O–H groups in total. The van der Waals surface area contributed by atoms with E-state index in [1.807, 2.05) is 6.92 Å². The fraction of sp³-hybridized carbons (Fsp3) is 0.784. The molecule has 4 nitrogen and oxygen atoms in total. The number of unbranched alkanes of at least 4 members (excludes halogenated alkanes) is 18. The Labute approximate surface area is 254 Å². The van der Waals surface area contributed by atoms with E-state index in [2.05, 4.69) is 43.4 Å². The molecule has 4 heteroatoms. The number of ether oxygens (including phenoxy) is 1. The van der Waals surface area contributed by atoms with Gasteiger partial charge in [-0.25, -0.2) is 0 Å². The number of carboxylic acids is 1. The third-order valence-electron chi connectivity index (χ3n) is 7.62. The summed E-state index contributed by atoms with van der Waals surface area (Å²) < 4.78 is 5.61. The number of allylic oxidation sites excluding steroid dienone is 6. The van der Waals surface area contributed by atoms with Crippen molar-refractivity contribution in [1.29, 1.82) is 0 Å². The second-order valence-corrected chi connectivity index (χ2v) is 11.8. The molecule has 1 unspecified atom stereocenters. The van der Waals surface area contributed by atoms with Crippen molar-refractivity contribution in [2.75, 3.05) is 0 Å². The Kier molecular flexibility index (Phi) is 31.2. The summed E-state index contributed by atoms with van der Waals surface area (Å²) in [7, 11) is 0. The summed E-state index contributed by atoms with van der Waals surface area (Å²) in [5.41, 5.74) is 0. The van der Waals surface area contributed by atoms with Gasteiger partial charge in [0.25, 0.3) is 0 Å². The van der Waals surface area contributed by atoms with Gasteiger partial charge in [0.15, 0.2) is 0 Å². The van der Waals surface area contributed by atoms with Gasteiger partial charge in [-0.05, 0) is 64.7 Å². The van der Waals surface area contributed by atoms with Crippen molar-refractivity contribution in [3.05, 3.63) is 36.5 Å². The molecule has 0 fully saturated rings. The van der Waals surface area contributed by atoms with Gasteiger partial charge in [-0.2, -0.15) is 0 Å². The van der Waals surface area contributed by atoms with Crippen molar-refractivity contribution < 1.29 is 19.4 Å². The molecule has 0 saturated heterocycles. The van der Waals surface area contributed by atoms with Gasteiger partial charge in [-0.1, -0.05) is 140 Å². The maximum Gasteiger partial charge on any atom is 0.306 e. The number of rotatable bonds is 31. The molecule has 0 aliphatic heterocycles. The number of carboxylic acid groups (broad SMARTS) is 1. The maximum atomic E-state index is 12.1. The highest BCUT2D eigenvalue weighted by Gasteiger charge is 2.09. The van der Waals surface area contributed by atoms with Crippen LogP contribution in [0.5, 0.6) is 0 Å². The van der Waals surface area contributed by atoms with Crippen molar-refractivity contribution in [1.82, 2.24) is 0 Å². The zero-order valence-corrected chi connectivity index (χ0v) is 27.1. The van der Waals surface area contributed by atoms with Gasteiger partial charge in [0.1, 0.15) is 0 Å². The third kappa shape index (κ3) is 34.3. The predicted molar refractivity (Wildman–Crippen MR) is 176 cm³/mol. The topological polar surface area (TPSA) is 63.6 Å². The molecule has 0 aromatic heterocycles. The summed E-state index contributed by atoms with van der Waals surface area (Å²) in [5, 5.41) is 8.63. The zero-order valence-electron chi connectivity index (χ0n) is 27.1. The van der Waals surface area contributed by atoms with E-state index < -0.39 is 5.97 Å². The van der Waals surface area contributed by atoms with Crippen molar-refractivity contribution in [3.8, 4) is 0 Å². The van der Waals surface area contributed by atoms with Gasteiger partial charge < -0.3 is 9.84 Å². The first-order chi connectivity index (χ1) is 20.1. The van der Waals surface area contributed by atoms with E-state index in [0.29, 0.717) is 12.8 Å². The normalized spacial score (nSPS) is 12.6. The molecule has 0 saturated carbocycles. The Morgan fingerprint density at radius 2 is 0.976 bits per heavy atom. The highest BCUT2D eigenvalue weighted by molar-refractivity contribution is 5.69. The minimum atomic E-state index is -0.679. The Morgan fingerprint density at radius 1 is 0.561 bits per heavy atom. The number of carbonyl (C=O) groups is 2. The Hall–Kier alpha value is -1.84. The van der Waals surface area contributed by atoms with E-state index >= 15 is 0 Å². The van der Waals surface area contributed by atoms with Crippen LogP contribution in [0.25, 0.3) is 0 Å². The van der Waals surface area contributed by atoms with Crippen molar-refractivity contribution >= 4 is 11.9 Å². The first-order valence-electron chi connectivity index (χ1n) is 17.4. The van der Waals surface area contributed by atoms with Crippen molar-refractivity contribution in [2.24, 2.45) is 0 Å². The van der Waals surface area contributed by atoms with Crippen molar-refractivity contribution in [2.45, 2.75) is 187 Å². The lowest BCUT2D eigenvalue weighted by atomic mass is 10.0. The summed E-state index contributed by atoms with van der Waals surface area (Å²) in [6.45, 7) is 4.20. The van der Waals surface area contributed by atoms with Crippen LogP contribution in [-0.4, -0.2) is 23.1 Å². The minimum absolute atomic E-state index is 0.0185. The van der Waals surface area contributed by atoms with Crippen LogP contribution >= 0.6 is 0 Å². The highest BCUT2D eigenvalue weighted by atomic mass is 16.5. The largest absolute Gasteiger partial charge is 0.481 e. The maximum absolute atomic E-state index is 12.1. The molecule has 0 heterocycles. The van der Waals surface area contributed by atoms with Crippen LogP contribution in [0, 0.1) is 0 Å². The van der Waals surface area contributed by atoms with E-state index in [9.17, 15) is 9.59 Å². The molecule has 0 radical (unpaired) electrons. The lowest BCUT2D eigenvalue weighted by Gasteiger charge is -2.13. The zero-order chi connectivity index (χ0) is 30.1. The molecule has 0 aliphatic rings. The van der Waals surface area contributed by atoms with Crippen LogP contribution in [0.3, 0.4) is 0 Å². The first-order valence-corrected chi connectivity index (χ1v) is 17.4. The summed E-state index contributed by atoms with van der Waals surface area (Å²) in [6.07, 6.45) is 42.8. The number of hydrogen-bond donors (Lipinski definition) is 1. The van der Waals surface area contributed by atoms with Gasteiger partial charge >= 0.3 is 11.9 Å². The van der Waals surface area contributed by atoms with Crippen LogP contribution in [0.2, 0.25) is 0 Å².